The second-order valence-corrected chi connectivity index (χ2v) is 10.6. The highest BCUT2D eigenvalue weighted by Gasteiger charge is 2.27. The Kier molecular flexibility index (Phi) is 6.87. The van der Waals surface area contributed by atoms with Gasteiger partial charge in [0.05, 0.1) is 7.11 Å². The van der Waals surface area contributed by atoms with Crippen molar-refractivity contribution >= 4 is 41.0 Å². The maximum atomic E-state index is 11.7. The van der Waals surface area contributed by atoms with Crippen molar-refractivity contribution in [3.05, 3.63) is 33.7 Å². The van der Waals surface area contributed by atoms with Gasteiger partial charge in [-0.05, 0) is 34.6 Å². The normalized spacial score (nSPS) is 17.2. The Morgan fingerprint density at radius 3 is 2.21 bits per heavy atom. The second kappa shape index (κ2) is 8.46. The number of benzene rings is 1. The molecule has 154 valence electrons. The van der Waals surface area contributed by atoms with Crippen LogP contribution in [-0.2, 0) is 20.4 Å². The molecule has 4 nitrogen and oxygen atoms in total. The Balaban J connectivity index is 2.49. The standard InChI is InChI=1S/C22H31NO3S2/c1-21(2,3)15-10-14(11-16(19(15)25)22(4,5)6)12-17-20(27)23(8-9-28-17)13-18(24)26-7/h10-12,25H,8-9,13H2,1-7H3. The van der Waals surface area contributed by atoms with E-state index in [2.05, 4.69) is 47.6 Å². The lowest BCUT2D eigenvalue weighted by Crippen LogP contribution is -2.39. The van der Waals surface area contributed by atoms with Crippen LogP contribution >= 0.6 is 24.0 Å². The molecule has 0 unspecified atom stereocenters. The molecule has 2 rings (SSSR count). The smallest absolute Gasteiger partial charge is 0.325 e. The largest absolute Gasteiger partial charge is 0.507 e. The molecule has 0 atom stereocenters. The molecular formula is C22H31NO3S2. The van der Waals surface area contributed by atoms with Gasteiger partial charge < -0.3 is 14.7 Å². The molecule has 6 heteroatoms. The first kappa shape index (κ1) is 22.8. The van der Waals surface area contributed by atoms with Crippen LogP contribution in [0.4, 0.5) is 0 Å². The van der Waals surface area contributed by atoms with E-state index >= 15 is 0 Å². The van der Waals surface area contributed by atoms with E-state index in [0.29, 0.717) is 10.7 Å². The minimum absolute atomic E-state index is 0.170. The van der Waals surface area contributed by atoms with Crippen LogP contribution < -0.4 is 0 Å². The van der Waals surface area contributed by atoms with Crippen LogP contribution in [0.1, 0.15) is 58.2 Å². The van der Waals surface area contributed by atoms with Crippen molar-refractivity contribution < 1.29 is 14.6 Å². The van der Waals surface area contributed by atoms with E-state index in [4.69, 9.17) is 17.0 Å². The molecule has 0 spiro atoms. The average molecular weight is 422 g/mol. The Hall–Kier alpha value is -1.53. The number of methoxy groups -OCH3 is 1. The number of esters is 1. The highest BCUT2D eigenvalue weighted by Crippen LogP contribution is 2.40. The Morgan fingerprint density at radius 1 is 1.21 bits per heavy atom. The summed E-state index contributed by atoms with van der Waals surface area (Å²) in [4.78, 5) is 15.2. The van der Waals surface area contributed by atoms with E-state index in [0.717, 1.165) is 33.9 Å². The molecule has 0 amide bonds. The molecule has 0 bridgehead atoms. The molecule has 28 heavy (non-hydrogen) atoms. The monoisotopic (exact) mass is 421 g/mol. The lowest BCUT2D eigenvalue weighted by Gasteiger charge is -2.30. The van der Waals surface area contributed by atoms with Crippen molar-refractivity contribution in [3.8, 4) is 5.75 Å². The molecule has 1 aliphatic rings. The Morgan fingerprint density at radius 2 is 1.75 bits per heavy atom. The summed E-state index contributed by atoms with van der Waals surface area (Å²) < 4.78 is 4.78. The van der Waals surface area contributed by atoms with Crippen molar-refractivity contribution in [2.45, 2.75) is 52.4 Å². The summed E-state index contributed by atoms with van der Waals surface area (Å²) in [6.07, 6.45) is 2.07. The number of ether oxygens (including phenoxy) is 1. The van der Waals surface area contributed by atoms with Crippen LogP contribution in [0.3, 0.4) is 0 Å². The number of carbonyl (C=O) groups is 1. The third-order valence-electron chi connectivity index (χ3n) is 4.71. The van der Waals surface area contributed by atoms with Crippen LogP contribution in [0, 0.1) is 0 Å². The summed E-state index contributed by atoms with van der Waals surface area (Å²) in [7, 11) is 1.39. The molecule has 0 saturated carbocycles. The molecule has 1 saturated heterocycles. The van der Waals surface area contributed by atoms with E-state index in [1.807, 2.05) is 17.0 Å². The van der Waals surface area contributed by atoms with Gasteiger partial charge in [-0.15, -0.1) is 11.8 Å². The van der Waals surface area contributed by atoms with Crippen LogP contribution in [-0.4, -0.2) is 46.9 Å². The van der Waals surface area contributed by atoms with E-state index in [1.54, 1.807) is 11.8 Å². The SMILES string of the molecule is COC(=O)CN1CCSC(=Cc2cc(C(C)(C)C)c(O)c(C(C)(C)C)c2)C1=S. The fourth-order valence-electron chi connectivity index (χ4n) is 3.09. The number of thioether (sulfide) groups is 1. The fourth-order valence-corrected chi connectivity index (χ4v) is 4.49. The number of phenolic OH excluding ortho intramolecular Hbond substituents is 1. The van der Waals surface area contributed by atoms with Gasteiger partial charge in [0, 0.05) is 28.3 Å². The summed E-state index contributed by atoms with van der Waals surface area (Å²) in [6.45, 7) is 13.5. The third-order valence-corrected chi connectivity index (χ3v) is 6.33. The van der Waals surface area contributed by atoms with Crippen LogP contribution in [0.5, 0.6) is 5.75 Å². The van der Waals surface area contributed by atoms with Gasteiger partial charge in [0.1, 0.15) is 17.3 Å². The number of aromatic hydroxyl groups is 1. The fraction of sp³-hybridized carbons (Fsp3) is 0.545. The van der Waals surface area contributed by atoms with E-state index < -0.39 is 0 Å². The van der Waals surface area contributed by atoms with Gasteiger partial charge in [0.25, 0.3) is 0 Å². The minimum atomic E-state index is -0.289. The lowest BCUT2D eigenvalue weighted by molar-refractivity contribution is -0.140. The van der Waals surface area contributed by atoms with E-state index in [9.17, 15) is 9.90 Å². The van der Waals surface area contributed by atoms with Crippen LogP contribution in [0.25, 0.3) is 6.08 Å². The molecule has 1 aromatic rings. The molecule has 1 aliphatic heterocycles. The number of carbonyl (C=O) groups excluding carboxylic acids is 1. The zero-order valence-electron chi connectivity index (χ0n) is 17.9. The van der Waals surface area contributed by atoms with Crippen molar-refractivity contribution in [2.75, 3.05) is 26.0 Å². The first-order valence-corrected chi connectivity index (χ1v) is 10.8. The third kappa shape index (κ3) is 5.29. The highest BCUT2D eigenvalue weighted by atomic mass is 32.2. The topological polar surface area (TPSA) is 49.8 Å². The molecular weight excluding hydrogens is 390 g/mol. The first-order chi connectivity index (χ1) is 12.8. The van der Waals surface area contributed by atoms with Crippen LogP contribution in [0.15, 0.2) is 17.0 Å². The van der Waals surface area contributed by atoms with Crippen molar-refractivity contribution in [1.82, 2.24) is 4.90 Å². The van der Waals surface area contributed by atoms with Crippen molar-refractivity contribution in [3.63, 3.8) is 0 Å². The van der Waals surface area contributed by atoms with E-state index in [1.165, 1.54) is 7.11 Å². The molecule has 1 heterocycles. The predicted octanol–water partition coefficient (Wildman–Crippen LogP) is 4.88. The number of rotatable bonds is 3. The van der Waals surface area contributed by atoms with Crippen molar-refractivity contribution in [1.29, 1.82) is 0 Å². The van der Waals surface area contributed by atoms with Crippen molar-refractivity contribution in [2.24, 2.45) is 0 Å². The van der Waals surface area contributed by atoms with E-state index in [-0.39, 0.29) is 23.3 Å². The second-order valence-electron chi connectivity index (χ2n) is 9.12. The summed E-state index contributed by atoms with van der Waals surface area (Å²) in [5.41, 5.74) is 2.48. The molecule has 0 aromatic heterocycles. The lowest BCUT2D eigenvalue weighted by atomic mass is 9.78. The molecule has 1 aromatic carbocycles. The average Bonchev–Trinajstić information content (AvgIpc) is 2.57. The summed E-state index contributed by atoms with van der Waals surface area (Å²) in [6, 6.07) is 4.08. The minimum Gasteiger partial charge on any atom is -0.507 e. The predicted molar refractivity (Wildman–Crippen MR) is 122 cm³/mol. The number of thiocarbonyl (C=S) groups is 1. The molecule has 1 fully saturated rings. The zero-order chi connectivity index (χ0) is 21.3. The zero-order valence-corrected chi connectivity index (χ0v) is 19.5. The Labute approximate surface area is 178 Å². The number of phenols is 1. The summed E-state index contributed by atoms with van der Waals surface area (Å²) in [5.74, 6) is 0.941. The summed E-state index contributed by atoms with van der Waals surface area (Å²) >= 11 is 7.33. The maximum absolute atomic E-state index is 11.7. The van der Waals surface area contributed by atoms with Gasteiger partial charge in [0.15, 0.2) is 0 Å². The number of hydrogen-bond donors (Lipinski definition) is 1. The van der Waals surface area contributed by atoms with Gasteiger partial charge in [-0.1, -0.05) is 53.8 Å². The molecule has 0 radical (unpaired) electrons. The van der Waals surface area contributed by atoms with Gasteiger partial charge in [0.2, 0.25) is 0 Å². The quantitative estimate of drug-likeness (QED) is 0.427. The van der Waals surface area contributed by atoms with Gasteiger partial charge in [-0.3, -0.25) is 4.79 Å². The van der Waals surface area contributed by atoms with Crippen LogP contribution in [0.2, 0.25) is 0 Å². The van der Waals surface area contributed by atoms with Gasteiger partial charge >= 0.3 is 5.97 Å². The summed E-state index contributed by atoms with van der Waals surface area (Å²) in [5, 5.41) is 10.9. The molecule has 0 aliphatic carbocycles. The van der Waals surface area contributed by atoms with Gasteiger partial charge in [-0.2, -0.15) is 0 Å². The number of nitrogens with zero attached hydrogens (tertiary/aromatic N) is 1. The highest BCUT2D eigenvalue weighted by molar-refractivity contribution is 8.05. The maximum Gasteiger partial charge on any atom is 0.325 e. The molecule has 1 N–H and O–H groups in total. The van der Waals surface area contributed by atoms with Gasteiger partial charge in [-0.25, -0.2) is 0 Å². The Bertz CT molecular complexity index is 766. The first-order valence-electron chi connectivity index (χ1n) is 9.43. The number of hydrogen-bond acceptors (Lipinski definition) is 5.